The molecule has 1 aliphatic rings. The molecule has 1 rings (SSSR count). The van der Waals surface area contributed by atoms with Gasteiger partial charge in [0.1, 0.15) is 0 Å². The Morgan fingerprint density at radius 1 is 1.47 bits per heavy atom. The van der Waals surface area contributed by atoms with Crippen molar-refractivity contribution >= 4 is 29.6 Å². The second kappa shape index (κ2) is 5.79. The van der Waals surface area contributed by atoms with Crippen molar-refractivity contribution in [1.82, 2.24) is 0 Å². The third kappa shape index (κ3) is 3.80. The van der Waals surface area contributed by atoms with Crippen molar-refractivity contribution in [2.45, 2.75) is 19.8 Å². The second-order valence-corrected chi connectivity index (χ2v) is 2.85. The number of carboxylic acids is 1. The zero-order chi connectivity index (χ0) is 12.0. The molecule has 0 heterocycles. The zero-order valence-corrected chi connectivity index (χ0v) is 8.06. The van der Waals surface area contributed by atoms with Crippen LogP contribution in [0, 0.1) is 5.92 Å². The van der Waals surface area contributed by atoms with E-state index in [1.807, 2.05) is 0 Å². The Morgan fingerprint density at radius 3 is 2.07 bits per heavy atom. The van der Waals surface area contributed by atoms with Crippen LogP contribution in [0.1, 0.15) is 19.8 Å². The summed E-state index contributed by atoms with van der Waals surface area (Å²) in [7, 11) is 0. The number of ketones is 3. The Kier molecular flexibility index (Phi) is 5.08. The minimum Gasteiger partial charge on any atom is -0.476 e. The summed E-state index contributed by atoms with van der Waals surface area (Å²) in [5.41, 5.74) is 0. The summed E-state index contributed by atoms with van der Waals surface area (Å²) in [5, 5.41) is 7.35. The van der Waals surface area contributed by atoms with Gasteiger partial charge >= 0.3 is 5.97 Å². The Balaban J connectivity index is 0.000000336. The maximum atomic E-state index is 10.8. The maximum Gasteiger partial charge on any atom is 0.368 e. The summed E-state index contributed by atoms with van der Waals surface area (Å²) >= 11 is 0. The number of aldehydes is 1. The van der Waals surface area contributed by atoms with Crippen molar-refractivity contribution < 1.29 is 29.1 Å². The lowest BCUT2D eigenvalue weighted by Gasteiger charge is -1.96. The van der Waals surface area contributed by atoms with Crippen molar-refractivity contribution in [2.75, 3.05) is 0 Å². The fourth-order valence-corrected chi connectivity index (χ4v) is 1.12. The molecule has 1 aliphatic carbocycles. The van der Waals surface area contributed by atoms with E-state index in [0.29, 0.717) is 6.42 Å². The normalized spacial score (nSPS) is 19.5. The minimum atomic E-state index is -1.43. The van der Waals surface area contributed by atoms with Crippen molar-refractivity contribution in [2.24, 2.45) is 5.92 Å². The molecule has 0 aromatic rings. The molecule has 6 nitrogen and oxygen atoms in total. The van der Waals surface area contributed by atoms with E-state index in [1.54, 1.807) is 6.92 Å². The monoisotopic (exact) mass is 214 g/mol. The van der Waals surface area contributed by atoms with Gasteiger partial charge in [-0.3, -0.25) is 19.2 Å². The molecule has 6 heteroatoms. The van der Waals surface area contributed by atoms with Crippen LogP contribution in [0.5, 0.6) is 0 Å². The molecule has 0 aliphatic heterocycles. The van der Waals surface area contributed by atoms with Crippen LogP contribution in [0.15, 0.2) is 0 Å². The third-order valence-electron chi connectivity index (χ3n) is 1.82. The summed E-state index contributed by atoms with van der Waals surface area (Å²) in [6.07, 6.45) is 0.126. The number of hydrogen-bond acceptors (Lipinski definition) is 5. The largest absolute Gasteiger partial charge is 0.476 e. The molecule has 1 fully saturated rings. The van der Waals surface area contributed by atoms with Gasteiger partial charge in [0.15, 0.2) is 5.78 Å². The van der Waals surface area contributed by atoms with Crippen LogP contribution in [0.2, 0.25) is 0 Å². The maximum absolute atomic E-state index is 10.8. The van der Waals surface area contributed by atoms with E-state index in [2.05, 4.69) is 0 Å². The van der Waals surface area contributed by atoms with Crippen LogP contribution >= 0.6 is 0 Å². The Hall–Kier alpha value is -1.85. The predicted molar refractivity (Wildman–Crippen MR) is 47.1 cm³/mol. The Labute approximate surface area is 85.3 Å². The highest BCUT2D eigenvalue weighted by molar-refractivity contribution is 6.49. The molecule has 0 amide bonds. The van der Waals surface area contributed by atoms with Gasteiger partial charge in [-0.25, -0.2) is 4.79 Å². The van der Waals surface area contributed by atoms with Gasteiger partial charge in [-0.15, -0.1) is 0 Å². The lowest BCUT2D eigenvalue weighted by molar-refractivity contribution is -0.143. The van der Waals surface area contributed by atoms with Gasteiger partial charge in [0, 0.05) is 0 Å². The van der Waals surface area contributed by atoms with E-state index in [-0.39, 0.29) is 18.5 Å². The highest BCUT2D eigenvalue weighted by Gasteiger charge is 2.38. The smallest absolute Gasteiger partial charge is 0.368 e. The SMILES string of the molecule is CCC1C(=O)CC(=O)C1=O.O=CC(=O)O. The van der Waals surface area contributed by atoms with Crippen LogP contribution in [0.4, 0.5) is 0 Å². The average molecular weight is 214 g/mol. The number of carbonyl (C=O) groups is 5. The van der Waals surface area contributed by atoms with Crippen molar-refractivity contribution in [1.29, 1.82) is 0 Å². The van der Waals surface area contributed by atoms with E-state index in [0.717, 1.165) is 0 Å². The first kappa shape index (κ1) is 13.2. The van der Waals surface area contributed by atoms with Gasteiger partial charge in [0.25, 0.3) is 0 Å². The summed E-state index contributed by atoms with van der Waals surface area (Å²) < 4.78 is 0. The standard InChI is InChI=1S/C7H8O3.C2H2O3/c1-2-4-5(8)3-6(9)7(4)10;3-1-2(4)5/h4H,2-3H2,1H3;1H,(H,4,5). The number of Topliss-reactive ketones (excluding diaryl/α,β-unsaturated/α-hetero) is 3. The lowest BCUT2D eigenvalue weighted by atomic mass is 10.0. The van der Waals surface area contributed by atoms with Gasteiger partial charge in [-0.05, 0) is 6.42 Å². The van der Waals surface area contributed by atoms with Gasteiger partial charge < -0.3 is 5.11 Å². The zero-order valence-electron chi connectivity index (χ0n) is 8.06. The Morgan fingerprint density at radius 2 is 1.93 bits per heavy atom. The van der Waals surface area contributed by atoms with Crippen molar-refractivity contribution in [3.8, 4) is 0 Å². The molecule has 0 spiro atoms. The van der Waals surface area contributed by atoms with Crippen LogP contribution in [-0.4, -0.2) is 34.7 Å². The number of carboxylic acid groups (broad SMARTS) is 1. The number of rotatable bonds is 2. The van der Waals surface area contributed by atoms with Crippen molar-refractivity contribution in [3.05, 3.63) is 0 Å². The molecule has 0 aromatic carbocycles. The lowest BCUT2D eigenvalue weighted by Crippen LogP contribution is -2.15. The molecule has 1 N–H and O–H groups in total. The van der Waals surface area contributed by atoms with Crippen molar-refractivity contribution in [3.63, 3.8) is 0 Å². The fraction of sp³-hybridized carbons (Fsp3) is 0.444. The van der Waals surface area contributed by atoms with E-state index in [1.165, 1.54) is 0 Å². The molecule has 0 bridgehead atoms. The number of hydrogen-bond donors (Lipinski definition) is 1. The quantitative estimate of drug-likeness (QED) is 0.373. The fourth-order valence-electron chi connectivity index (χ4n) is 1.12. The summed E-state index contributed by atoms with van der Waals surface area (Å²) in [6, 6.07) is 0. The molecule has 1 unspecified atom stereocenters. The first-order valence-electron chi connectivity index (χ1n) is 4.21. The predicted octanol–water partition coefficient (Wildman–Crippen LogP) is -0.607. The van der Waals surface area contributed by atoms with E-state index in [4.69, 9.17) is 14.7 Å². The van der Waals surface area contributed by atoms with Crippen LogP contribution < -0.4 is 0 Å². The van der Waals surface area contributed by atoms with E-state index >= 15 is 0 Å². The molecule has 15 heavy (non-hydrogen) atoms. The summed E-state index contributed by atoms with van der Waals surface area (Å²) in [5.74, 6) is -3.26. The van der Waals surface area contributed by atoms with Crippen LogP contribution in [-0.2, 0) is 24.0 Å². The van der Waals surface area contributed by atoms with Gasteiger partial charge in [-0.1, -0.05) is 6.92 Å². The molecule has 0 radical (unpaired) electrons. The van der Waals surface area contributed by atoms with Gasteiger partial charge in [0.2, 0.25) is 17.9 Å². The molecule has 1 atom stereocenters. The van der Waals surface area contributed by atoms with Gasteiger partial charge in [0.05, 0.1) is 12.3 Å². The Bertz CT molecular complexity index is 317. The van der Waals surface area contributed by atoms with E-state index < -0.39 is 23.5 Å². The highest BCUT2D eigenvalue weighted by Crippen LogP contribution is 2.17. The molecular weight excluding hydrogens is 204 g/mol. The van der Waals surface area contributed by atoms with Crippen LogP contribution in [0.25, 0.3) is 0 Å². The summed E-state index contributed by atoms with van der Waals surface area (Å²) in [6.45, 7) is 1.74. The molecule has 1 saturated carbocycles. The molecule has 0 saturated heterocycles. The minimum absolute atomic E-state index is 0.167. The molecule has 0 aromatic heterocycles. The van der Waals surface area contributed by atoms with Crippen LogP contribution in [0.3, 0.4) is 0 Å². The third-order valence-corrected chi connectivity index (χ3v) is 1.82. The first-order chi connectivity index (χ1) is 6.93. The average Bonchev–Trinajstić information content (AvgIpc) is 2.42. The molecule has 82 valence electrons. The topological polar surface area (TPSA) is 106 Å². The van der Waals surface area contributed by atoms with Gasteiger partial charge in [-0.2, -0.15) is 0 Å². The molecular formula is C9H10O6. The number of aliphatic carboxylic acids is 1. The highest BCUT2D eigenvalue weighted by atomic mass is 16.4. The van der Waals surface area contributed by atoms with E-state index in [9.17, 15) is 14.4 Å². The number of carbonyl (C=O) groups excluding carboxylic acids is 4. The summed E-state index contributed by atoms with van der Waals surface area (Å²) in [4.78, 5) is 50.0. The first-order valence-corrected chi connectivity index (χ1v) is 4.21. The second-order valence-electron chi connectivity index (χ2n) is 2.85.